The Bertz CT molecular complexity index is 652. The van der Waals surface area contributed by atoms with E-state index in [4.69, 9.17) is 5.73 Å². The van der Waals surface area contributed by atoms with Crippen LogP contribution in [0.5, 0.6) is 0 Å². The Balaban J connectivity index is 1.90. The fourth-order valence-electron chi connectivity index (χ4n) is 3.05. The second-order valence-electron chi connectivity index (χ2n) is 5.79. The molecule has 110 valence electrons. The zero-order chi connectivity index (χ0) is 14.8. The molecule has 0 atom stereocenters. The predicted octanol–water partition coefficient (Wildman–Crippen LogP) is 3.55. The van der Waals surface area contributed by atoms with Crippen molar-refractivity contribution in [2.75, 3.05) is 11.4 Å². The maximum Gasteiger partial charge on any atom is 0.128 e. The minimum absolute atomic E-state index is 0.147. The molecule has 0 fully saturated rings. The lowest BCUT2D eigenvalue weighted by atomic mass is 9.99. The number of nitrogens with zero attached hydrogens (tertiary/aromatic N) is 1. The molecule has 2 nitrogen and oxygen atoms in total. The second-order valence-corrected chi connectivity index (χ2v) is 5.79. The van der Waals surface area contributed by atoms with Crippen LogP contribution >= 0.6 is 0 Å². The first kappa shape index (κ1) is 14.1. The molecular formula is C18H21FN2. The van der Waals surface area contributed by atoms with E-state index in [1.165, 1.54) is 22.9 Å². The molecule has 3 heteroatoms. The molecule has 0 radical (unpaired) electrons. The van der Waals surface area contributed by atoms with Gasteiger partial charge in [0.2, 0.25) is 0 Å². The van der Waals surface area contributed by atoms with Gasteiger partial charge in [0.1, 0.15) is 5.82 Å². The molecule has 1 aliphatic heterocycles. The number of nitrogens with two attached hydrogens (primary N) is 1. The van der Waals surface area contributed by atoms with Crippen LogP contribution in [0.3, 0.4) is 0 Å². The Kier molecular flexibility index (Phi) is 3.93. The van der Waals surface area contributed by atoms with Crippen molar-refractivity contribution in [1.29, 1.82) is 0 Å². The number of fused-ring (bicyclic) bond motifs is 1. The molecule has 21 heavy (non-hydrogen) atoms. The summed E-state index contributed by atoms with van der Waals surface area (Å²) in [7, 11) is 0. The van der Waals surface area contributed by atoms with Crippen molar-refractivity contribution in [3.8, 4) is 0 Å². The number of hydrogen-bond donors (Lipinski definition) is 1. The van der Waals surface area contributed by atoms with Gasteiger partial charge in [-0.15, -0.1) is 0 Å². The van der Waals surface area contributed by atoms with E-state index in [1.54, 1.807) is 6.07 Å². The summed E-state index contributed by atoms with van der Waals surface area (Å²) >= 11 is 0. The Labute approximate surface area is 125 Å². The van der Waals surface area contributed by atoms with Crippen LogP contribution in [0.2, 0.25) is 0 Å². The fraction of sp³-hybridized carbons (Fsp3) is 0.333. The van der Waals surface area contributed by atoms with Gasteiger partial charge in [-0.1, -0.05) is 23.8 Å². The Morgan fingerprint density at radius 3 is 2.86 bits per heavy atom. The molecule has 1 aliphatic rings. The smallest absolute Gasteiger partial charge is 0.128 e. The summed E-state index contributed by atoms with van der Waals surface area (Å²) < 4.78 is 14.0. The van der Waals surface area contributed by atoms with E-state index < -0.39 is 0 Å². The van der Waals surface area contributed by atoms with Crippen molar-refractivity contribution in [2.24, 2.45) is 5.73 Å². The number of halogens is 1. The van der Waals surface area contributed by atoms with E-state index >= 15 is 0 Å². The van der Waals surface area contributed by atoms with Gasteiger partial charge in [-0.3, -0.25) is 0 Å². The molecule has 0 aromatic heterocycles. The molecule has 3 rings (SSSR count). The first-order valence-corrected chi connectivity index (χ1v) is 7.49. The SMILES string of the molecule is Cc1ccc2c(c1)CCCN2Cc1cc(CN)ccc1F. The van der Waals surface area contributed by atoms with Crippen molar-refractivity contribution < 1.29 is 4.39 Å². The van der Waals surface area contributed by atoms with Crippen molar-refractivity contribution >= 4 is 5.69 Å². The molecule has 2 N–H and O–H groups in total. The van der Waals surface area contributed by atoms with Crippen LogP contribution in [0, 0.1) is 12.7 Å². The molecule has 0 aliphatic carbocycles. The lowest BCUT2D eigenvalue weighted by Crippen LogP contribution is -2.29. The summed E-state index contributed by atoms with van der Waals surface area (Å²) in [6.45, 7) is 4.14. The van der Waals surface area contributed by atoms with E-state index in [-0.39, 0.29) is 5.82 Å². The molecule has 0 spiro atoms. The third-order valence-electron chi connectivity index (χ3n) is 4.16. The van der Waals surface area contributed by atoms with Gasteiger partial charge in [0.05, 0.1) is 0 Å². The standard InChI is InChI=1S/C18H21FN2/c1-13-4-7-18-15(9-13)3-2-8-21(18)12-16-10-14(11-20)5-6-17(16)19/h4-7,9-10H,2-3,8,11-12,20H2,1H3. The summed E-state index contributed by atoms with van der Waals surface area (Å²) in [6.07, 6.45) is 2.23. The van der Waals surface area contributed by atoms with Crippen molar-refractivity contribution in [3.63, 3.8) is 0 Å². The highest BCUT2D eigenvalue weighted by atomic mass is 19.1. The molecular weight excluding hydrogens is 263 g/mol. The van der Waals surface area contributed by atoms with E-state index in [2.05, 4.69) is 30.0 Å². The predicted molar refractivity (Wildman–Crippen MR) is 84.8 cm³/mol. The molecule has 0 saturated carbocycles. The maximum absolute atomic E-state index is 14.0. The average molecular weight is 284 g/mol. The number of benzene rings is 2. The topological polar surface area (TPSA) is 29.3 Å². The number of aryl methyl sites for hydroxylation is 2. The van der Waals surface area contributed by atoms with Gasteiger partial charge in [-0.2, -0.15) is 0 Å². The lowest BCUT2D eigenvalue weighted by Gasteiger charge is -2.32. The molecule has 0 unspecified atom stereocenters. The monoisotopic (exact) mass is 284 g/mol. The first-order chi connectivity index (χ1) is 10.2. The maximum atomic E-state index is 14.0. The third kappa shape index (κ3) is 2.93. The number of anilines is 1. The molecule has 2 aromatic rings. The Morgan fingerprint density at radius 1 is 1.19 bits per heavy atom. The van der Waals surface area contributed by atoms with Crippen molar-refractivity contribution in [2.45, 2.75) is 32.9 Å². The Hall–Kier alpha value is -1.87. The molecule has 1 heterocycles. The number of rotatable bonds is 3. The summed E-state index contributed by atoms with van der Waals surface area (Å²) in [6, 6.07) is 11.7. The fourth-order valence-corrected chi connectivity index (χ4v) is 3.05. The minimum atomic E-state index is -0.147. The molecule has 2 aromatic carbocycles. The van der Waals surface area contributed by atoms with E-state index in [0.717, 1.165) is 30.5 Å². The third-order valence-corrected chi connectivity index (χ3v) is 4.16. The van der Waals surface area contributed by atoms with Gasteiger partial charge in [-0.05, 0) is 49.1 Å². The average Bonchev–Trinajstić information content (AvgIpc) is 2.49. The quantitative estimate of drug-likeness (QED) is 0.934. The van der Waals surface area contributed by atoms with Crippen LogP contribution in [0.15, 0.2) is 36.4 Å². The van der Waals surface area contributed by atoms with Crippen LogP contribution in [-0.4, -0.2) is 6.54 Å². The van der Waals surface area contributed by atoms with E-state index in [1.807, 2.05) is 6.07 Å². The zero-order valence-corrected chi connectivity index (χ0v) is 12.4. The second kappa shape index (κ2) is 5.86. The Morgan fingerprint density at radius 2 is 2.05 bits per heavy atom. The largest absolute Gasteiger partial charge is 0.367 e. The highest BCUT2D eigenvalue weighted by Crippen LogP contribution is 2.29. The lowest BCUT2D eigenvalue weighted by molar-refractivity contribution is 0.596. The van der Waals surface area contributed by atoms with Crippen LogP contribution in [0.1, 0.15) is 28.7 Å². The molecule has 0 saturated heterocycles. The minimum Gasteiger partial charge on any atom is -0.367 e. The number of hydrogen-bond acceptors (Lipinski definition) is 2. The molecule has 0 amide bonds. The first-order valence-electron chi connectivity index (χ1n) is 7.49. The summed E-state index contributed by atoms with van der Waals surface area (Å²) in [5.41, 5.74) is 11.3. The highest BCUT2D eigenvalue weighted by Gasteiger charge is 2.18. The van der Waals surface area contributed by atoms with Gasteiger partial charge in [0.25, 0.3) is 0 Å². The van der Waals surface area contributed by atoms with Crippen LogP contribution in [0.4, 0.5) is 10.1 Å². The van der Waals surface area contributed by atoms with Crippen LogP contribution in [0.25, 0.3) is 0 Å². The van der Waals surface area contributed by atoms with Gasteiger partial charge in [0, 0.05) is 30.9 Å². The van der Waals surface area contributed by atoms with Gasteiger partial charge < -0.3 is 10.6 Å². The van der Waals surface area contributed by atoms with Crippen LogP contribution < -0.4 is 10.6 Å². The van der Waals surface area contributed by atoms with Gasteiger partial charge in [0.15, 0.2) is 0 Å². The van der Waals surface area contributed by atoms with Crippen molar-refractivity contribution in [3.05, 3.63) is 64.5 Å². The normalized spacial score (nSPS) is 14.1. The summed E-state index contributed by atoms with van der Waals surface area (Å²) in [5, 5.41) is 0. The summed E-state index contributed by atoms with van der Waals surface area (Å²) in [4.78, 5) is 2.27. The highest BCUT2D eigenvalue weighted by molar-refractivity contribution is 5.57. The van der Waals surface area contributed by atoms with Crippen LogP contribution in [-0.2, 0) is 19.5 Å². The molecule has 0 bridgehead atoms. The van der Waals surface area contributed by atoms with E-state index in [9.17, 15) is 4.39 Å². The zero-order valence-electron chi connectivity index (χ0n) is 12.4. The summed E-state index contributed by atoms with van der Waals surface area (Å²) in [5.74, 6) is -0.147. The van der Waals surface area contributed by atoms with E-state index in [0.29, 0.717) is 13.1 Å². The van der Waals surface area contributed by atoms with Crippen molar-refractivity contribution in [1.82, 2.24) is 0 Å². The van der Waals surface area contributed by atoms with Gasteiger partial charge in [-0.25, -0.2) is 4.39 Å². The van der Waals surface area contributed by atoms with Gasteiger partial charge >= 0.3 is 0 Å².